The molecule has 0 atom stereocenters. The van der Waals surface area contributed by atoms with E-state index in [-0.39, 0.29) is 5.91 Å². The van der Waals surface area contributed by atoms with Crippen molar-refractivity contribution in [1.82, 2.24) is 15.5 Å². The van der Waals surface area contributed by atoms with Crippen molar-refractivity contribution in [1.29, 1.82) is 0 Å². The van der Waals surface area contributed by atoms with Crippen LogP contribution in [0.25, 0.3) is 0 Å². The number of carbonyl (C=O) groups is 1. The monoisotopic (exact) mass is 312 g/mol. The van der Waals surface area contributed by atoms with Gasteiger partial charge in [0.25, 0.3) is 5.91 Å². The first-order chi connectivity index (χ1) is 11.0. The van der Waals surface area contributed by atoms with E-state index in [1.807, 2.05) is 0 Å². The molecule has 0 bridgehead atoms. The van der Waals surface area contributed by atoms with Crippen molar-refractivity contribution in [3.63, 3.8) is 0 Å². The molecule has 1 aromatic heterocycles. The Morgan fingerprint density at radius 3 is 2.43 bits per heavy atom. The summed E-state index contributed by atoms with van der Waals surface area (Å²) in [5.74, 6) is 1.04. The molecule has 0 aliphatic rings. The molecule has 122 valence electrons. The van der Waals surface area contributed by atoms with Gasteiger partial charge in [-0.05, 0) is 37.0 Å². The van der Waals surface area contributed by atoms with Crippen molar-refractivity contribution in [3.8, 4) is 0 Å². The molecule has 2 N–H and O–H groups in total. The summed E-state index contributed by atoms with van der Waals surface area (Å²) >= 11 is 0. The summed E-state index contributed by atoms with van der Waals surface area (Å²) in [6.45, 7) is 7.65. The van der Waals surface area contributed by atoms with E-state index in [0.717, 1.165) is 6.42 Å². The van der Waals surface area contributed by atoms with Crippen LogP contribution in [0.5, 0.6) is 0 Å². The van der Waals surface area contributed by atoms with E-state index in [9.17, 15) is 4.79 Å². The number of carbonyl (C=O) groups excluding carboxylic acids is 1. The summed E-state index contributed by atoms with van der Waals surface area (Å²) in [6.07, 6.45) is 0.954. The van der Waals surface area contributed by atoms with Gasteiger partial charge in [-0.3, -0.25) is 4.79 Å². The van der Waals surface area contributed by atoms with E-state index in [4.69, 9.17) is 0 Å². The normalized spacial score (nSPS) is 10.6. The molecule has 0 fully saturated rings. The first-order valence-corrected chi connectivity index (χ1v) is 7.96. The predicted octanol–water partition coefficient (Wildman–Crippen LogP) is 3.17. The molecule has 0 saturated heterocycles. The van der Waals surface area contributed by atoms with Gasteiger partial charge in [-0.25, -0.2) is 0 Å². The average Bonchev–Trinajstić information content (AvgIpc) is 2.54. The molecule has 0 saturated carbocycles. The number of benzene rings is 1. The summed E-state index contributed by atoms with van der Waals surface area (Å²) in [6, 6.07) is 11.8. The highest BCUT2D eigenvalue weighted by atomic mass is 16.1. The Labute approximate surface area is 137 Å². The molecule has 0 unspecified atom stereocenters. The maximum Gasteiger partial charge on any atom is 0.271 e. The van der Waals surface area contributed by atoms with Gasteiger partial charge in [-0.15, -0.1) is 10.2 Å². The fourth-order valence-corrected chi connectivity index (χ4v) is 2.01. The summed E-state index contributed by atoms with van der Waals surface area (Å²) in [5.41, 5.74) is 2.75. The second kappa shape index (κ2) is 8.27. The highest BCUT2D eigenvalue weighted by molar-refractivity contribution is 5.92. The molecule has 1 heterocycles. The van der Waals surface area contributed by atoms with E-state index < -0.39 is 0 Å². The Kier molecular flexibility index (Phi) is 6.09. The van der Waals surface area contributed by atoms with Crippen LogP contribution in [-0.4, -0.2) is 22.6 Å². The van der Waals surface area contributed by atoms with Crippen LogP contribution in [-0.2, 0) is 6.54 Å². The molecule has 1 amide bonds. The van der Waals surface area contributed by atoms with Gasteiger partial charge in [0.05, 0.1) is 0 Å². The van der Waals surface area contributed by atoms with Gasteiger partial charge in [-0.2, -0.15) is 0 Å². The highest BCUT2D eigenvalue weighted by Gasteiger charge is 2.07. The standard InChI is InChI=1S/C18H24N4O/c1-13(2)10-11-19-18(23)16-8-9-17(22-21-16)20-12-15-6-4-14(3)5-7-15/h4-9,13H,10-12H2,1-3H3,(H,19,23)(H,20,22). The zero-order valence-electron chi connectivity index (χ0n) is 14.0. The number of nitrogens with one attached hydrogen (secondary N) is 2. The lowest BCUT2D eigenvalue weighted by Crippen LogP contribution is -2.26. The van der Waals surface area contributed by atoms with Crippen molar-refractivity contribution < 1.29 is 4.79 Å². The van der Waals surface area contributed by atoms with Gasteiger partial charge < -0.3 is 10.6 Å². The minimum absolute atomic E-state index is 0.178. The summed E-state index contributed by atoms with van der Waals surface area (Å²) in [7, 11) is 0. The number of anilines is 1. The van der Waals surface area contributed by atoms with Crippen LogP contribution in [0.1, 0.15) is 41.9 Å². The van der Waals surface area contributed by atoms with Gasteiger partial charge in [0.2, 0.25) is 0 Å². The lowest BCUT2D eigenvalue weighted by molar-refractivity contribution is 0.0946. The van der Waals surface area contributed by atoms with Gasteiger partial charge >= 0.3 is 0 Å². The van der Waals surface area contributed by atoms with E-state index in [1.54, 1.807) is 12.1 Å². The third-order valence-corrected chi connectivity index (χ3v) is 3.50. The van der Waals surface area contributed by atoms with E-state index in [1.165, 1.54) is 11.1 Å². The minimum atomic E-state index is -0.178. The van der Waals surface area contributed by atoms with Crippen LogP contribution < -0.4 is 10.6 Å². The third kappa shape index (κ3) is 5.70. The Hall–Kier alpha value is -2.43. The molecular formula is C18H24N4O. The first kappa shape index (κ1) is 16.9. The van der Waals surface area contributed by atoms with Crippen LogP contribution in [0.4, 0.5) is 5.82 Å². The van der Waals surface area contributed by atoms with Crippen molar-refractivity contribution in [2.45, 2.75) is 33.7 Å². The van der Waals surface area contributed by atoms with Crippen LogP contribution in [0, 0.1) is 12.8 Å². The summed E-state index contributed by atoms with van der Waals surface area (Å²) in [5, 5.41) is 14.1. The van der Waals surface area contributed by atoms with Gasteiger partial charge in [0.1, 0.15) is 5.82 Å². The molecule has 5 heteroatoms. The molecule has 1 aromatic carbocycles. The molecular weight excluding hydrogens is 288 g/mol. The number of aromatic nitrogens is 2. The lowest BCUT2D eigenvalue weighted by Gasteiger charge is -2.08. The lowest BCUT2D eigenvalue weighted by atomic mass is 10.1. The van der Waals surface area contributed by atoms with Crippen LogP contribution in [0.2, 0.25) is 0 Å². The Morgan fingerprint density at radius 1 is 1.09 bits per heavy atom. The molecule has 0 spiro atoms. The van der Waals surface area contributed by atoms with Gasteiger partial charge in [0, 0.05) is 13.1 Å². The molecule has 0 aliphatic heterocycles. The van der Waals surface area contributed by atoms with Crippen molar-refractivity contribution in [3.05, 3.63) is 53.2 Å². The molecule has 23 heavy (non-hydrogen) atoms. The Bertz CT molecular complexity index is 620. The van der Waals surface area contributed by atoms with E-state index >= 15 is 0 Å². The molecule has 5 nitrogen and oxygen atoms in total. The Morgan fingerprint density at radius 2 is 1.83 bits per heavy atom. The number of rotatable bonds is 7. The largest absolute Gasteiger partial charge is 0.365 e. The van der Waals surface area contributed by atoms with Gasteiger partial charge in [0.15, 0.2) is 5.69 Å². The van der Waals surface area contributed by atoms with E-state index in [2.05, 4.69) is 65.9 Å². The number of nitrogens with zero attached hydrogens (tertiary/aromatic N) is 2. The Balaban J connectivity index is 1.84. The molecule has 0 aliphatic carbocycles. The highest BCUT2D eigenvalue weighted by Crippen LogP contribution is 2.07. The fourth-order valence-electron chi connectivity index (χ4n) is 2.01. The second-order valence-corrected chi connectivity index (χ2v) is 6.08. The van der Waals surface area contributed by atoms with Gasteiger partial charge in [-0.1, -0.05) is 43.7 Å². The van der Waals surface area contributed by atoms with Crippen molar-refractivity contribution in [2.75, 3.05) is 11.9 Å². The first-order valence-electron chi connectivity index (χ1n) is 7.96. The SMILES string of the molecule is Cc1ccc(CNc2ccc(C(=O)NCCC(C)C)nn2)cc1. The quantitative estimate of drug-likeness (QED) is 0.824. The summed E-state index contributed by atoms with van der Waals surface area (Å²) < 4.78 is 0. The third-order valence-electron chi connectivity index (χ3n) is 3.50. The van der Waals surface area contributed by atoms with Crippen LogP contribution >= 0.6 is 0 Å². The smallest absolute Gasteiger partial charge is 0.271 e. The zero-order chi connectivity index (χ0) is 16.7. The van der Waals surface area contributed by atoms with Crippen LogP contribution in [0.15, 0.2) is 36.4 Å². The maximum absolute atomic E-state index is 11.9. The van der Waals surface area contributed by atoms with Crippen molar-refractivity contribution in [2.24, 2.45) is 5.92 Å². The minimum Gasteiger partial charge on any atom is -0.365 e. The topological polar surface area (TPSA) is 66.9 Å². The number of amides is 1. The molecule has 2 aromatic rings. The number of hydrogen-bond acceptors (Lipinski definition) is 4. The van der Waals surface area contributed by atoms with Crippen molar-refractivity contribution >= 4 is 11.7 Å². The molecule has 0 radical (unpaired) electrons. The number of aryl methyl sites for hydroxylation is 1. The average molecular weight is 312 g/mol. The number of hydrogen-bond donors (Lipinski definition) is 2. The van der Waals surface area contributed by atoms with E-state index in [0.29, 0.717) is 30.5 Å². The maximum atomic E-state index is 11.9. The second-order valence-electron chi connectivity index (χ2n) is 6.08. The molecule has 2 rings (SSSR count). The fraction of sp³-hybridized carbons (Fsp3) is 0.389. The predicted molar refractivity (Wildman–Crippen MR) is 92.3 cm³/mol. The van der Waals surface area contributed by atoms with Crippen LogP contribution in [0.3, 0.4) is 0 Å². The summed E-state index contributed by atoms with van der Waals surface area (Å²) in [4.78, 5) is 11.9. The zero-order valence-corrected chi connectivity index (χ0v) is 14.0.